The zero-order valence-corrected chi connectivity index (χ0v) is 11.0. The Bertz CT molecular complexity index is 439. The van der Waals surface area contributed by atoms with E-state index in [0.717, 1.165) is 25.9 Å². The molecule has 2 rings (SSSR count). The summed E-state index contributed by atoms with van der Waals surface area (Å²) in [5.41, 5.74) is -0.242. The van der Waals surface area contributed by atoms with Crippen LogP contribution in [-0.4, -0.2) is 42.6 Å². The van der Waals surface area contributed by atoms with Gasteiger partial charge in [-0.2, -0.15) is 0 Å². The molecular weight excluding hydrogens is 247 g/mol. The highest BCUT2D eigenvalue weighted by Gasteiger charge is 2.23. The topological polar surface area (TPSA) is 52.6 Å². The van der Waals surface area contributed by atoms with E-state index in [4.69, 9.17) is 0 Å². The van der Waals surface area contributed by atoms with Crippen LogP contribution in [0.3, 0.4) is 0 Å². The number of phenols is 1. The van der Waals surface area contributed by atoms with Gasteiger partial charge in [0.15, 0.2) is 0 Å². The SMILES string of the molecule is CN(CC1CCCNC1)C(=O)c1c(O)cccc1F. The lowest BCUT2D eigenvalue weighted by atomic mass is 9.99. The summed E-state index contributed by atoms with van der Waals surface area (Å²) in [5.74, 6) is -1.07. The molecule has 0 saturated carbocycles. The third-order valence-electron chi connectivity index (χ3n) is 3.48. The molecule has 0 spiro atoms. The quantitative estimate of drug-likeness (QED) is 0.874. The van der Waals surface area contributed by atoms with Gasteiger partial charge in [-0.1, -0.05) is 6.07 Å². The number of halogens is 1. The van der Waals surface area contributed by atoms with Gasteiger partial charge in [-0.3, -0.25) is 4.79 Å². The van der Waals surface area contributed by atoms with Crippen LogP contribution >= 0.6 is 0 Å². The van der Waals surface area contributed by atoms with Crippen molar-refractivity contribution in [3.8, 4) is 5.75 Å². The molecule has 19 heavy (non-hydrogen) atoms. The Morgan fingerprint density at radius 3 is 3.00 bits per heavy atom. The third-order valence-corrected chi connectivity index (χ3v) is 3.48. The zero-order chi connectivity index (χ0) is 13.8. The van der Waals surface area contributed by atoms with Crippen LogP contribution in [0.1, 0.15) is 23.2 Å². The average Bonchev–Trinajstić information content (AvgIpc) is 2.39. The molecule has 0 bridgehead atoms. The molecule has 4 nitrogen and oxygen atoms in total. The third kappa shape index (κ3) is 3.23. The first-order chi connectivity index (χ1) is 9.09. The molecule has 1 aromatic rings. The molecule has 1 aromatic carbocycles. The fourth-order valence-corrected chi connectivity index (χ4v) is 2.47. The van der Waals surface area contributed by atoms with Gasteiger partial charge in [-0.05, 0) is 44.0 Å². The first kappa shape index (κ1) is 13.8. The number of phenolic OH excluding ortho intramolecular Hbond substituents is 1. The number of nitrogens with one attached hydrogen (secondary N) is 1. The minimum atomic E-state index is -0.682. The summed E-state index contributed by atoms with van der Waals surface area (Å²) in [6.07, 6.45) is 2.16. The molecule has 5 heteroatoms. The number of amides is 1. The van der Waals surface area contributed by atoms with Crippen molar-refractivity contribution in [2.24, 2.45) is 5.92 Å². The number of aromatic hydroxyl groups is 1. The highest BCUT2D eigenvalue weighted by atomic mass is 19.1. The second-order valence-corrected chi connectivity index (χ2v) is 5.03. The van der Waals surface area contributed by atoms with Gasteiger partial charge in [0, 0.05) is 13.6 Å². The number of rotatable bonds is 3. The molecule has 0 aliphatic carbocycles. The first-order valence-corrected chi connectivity index (χ1v) is 6.53. The second-order valence-electron chi connectivity index (χ2n) is 5.03. The van der Waals surface area contributed by atoms with Crippen LogP contribution in [0.4, 0.5) is 4.39 Å². The molecule has 1 amide bonds. The highest BCUT2D eigenvalue weighted by molar-refractivity contribution is 5.96. The van der Waals surface area contributed by atoms with Gasteiger partial charge in [0.2, 0.25) is 0 Å². The number of carbonyl (C=O) groups excluding carboxylic acids is 1. The molecule has 104 valence electrons. The lowest BCUT2D eigenvalue weighted by molar-refractivity contribution is 0.0757. The smallest absolute Gasteiger partial charge is 0.260 e. The number of nitrogens with zero attached hydrogens (tertiary/aromatic N) is 1. The molecule has 1 fully saturated rings. The molecule has 0 radical (unpaired) electrons. The Hall–Kier alpha value is -1.62. The summed E-state index contributed by atoms with van der Waals surface area (Å²) in [4.78, 5) is 13.6. The van der Waals surface area contributed by atoms with Gasteiger partial charge in [0.25, 0.3) is 5.91 Å². The molecule has 1 atom stereocenters. The molecule has 1 aliphatic rings. The van der Waals surface area contributed by atoms with E-state index in [1.54, 1.807) is 7.05 Å². The maximum Gasteiger partial charge on any atom is 0.260 e. The Morgan fingerprint density at radius 2 is 2.37 bits per heavy atom. The normalized spacial score (nSPS) is 19.2. The van der Waals surface area contributed by atoms with E-state index in [2.05, 4.69) is 5.32 Å². The Labute approximate surface area is 112 Å². The maximum atomic E-state index is 13.6. The second kappa shape index (κ2) is 6.02. The van der Waals surface area contributed by atoms with Crippen molar-refractivity contribution in [1.82, 2.24) is 10.2 Å². The predicted octanol–water partition coefficient (Wildman–Crippen LogP) is 1.60. The lowest BCUT2D eigenvalue weighted by Gasteiger charge is -2.27. The van der Waals surface area contributed by atoms with Crippen LogP contribution < -0.4 is 5.32 Å². The molecule has 1 saturated heterocycles. The highest BCUT2D eigenvalue weighted by Crippen LogP contribution is 2.22. The van der Waals surface area contributed by atoms with Crippen LogP contribution in [0.15, 0.2) is 18.2 Å². The van der Waals surface area contributed by atoms with E-state index in [1.165, 1.54) is 23.1 Å². The summed E-state index contributed by atoms with van der Waals surface area (Å²) in [6, 6.07) is 3.89. The Kier molecular flexibility index (Phi) is 4.37. The fraction of sp³-hybridized carbons (Fsp3) is 0.500. The average molecular weight is 266 g/mol. The summed E-state index contributed by atoms with van der Waals surface area (Å²) in [6.45, 7) is 2.46. The Balaban J connectivity index is 2.06. The molecule has 1 heterocycles. The minimum Gasteiger partial charge on any atom is -0.507 e. The van der Waals surface area contributed by atoms with Crippen molar-refractivity contribution < 1.29 is 14.3 Å². The van der Waals surface area contributed by atoms with Crippen molar-refractivity contribution >= 4 is 5.91 Å². The number of benzene rings is 1. The van der Waals surface area contributed by atoms with Gasteiger partial charge in [-0.25, -0.2) is 4.39 Å². The van der Waals surface area contributed by atoms with E-state index in [9.17, 15) is 14.3 Å². The molecular formula is C14H19FN2O2. The van der Waals surface area contributed by atoms with E-state index < -0.39 is 11.7 Å². The van der Waals surface area contributed by atoms with Gasteiger partial charge in [-0.15, -0.1) is 0 Å². The van der Waals surface area contributed by atoms with Crippen LogP contribution in [0, 0.1) is 11.7 Å². The first-order valence-electron chi connectivity index (χ1n) is 6.53. The van der Waals surface area contributed by atoms with Gasteiger partial charge in [0.1, 0.15) is 17.1 Å². The maximum absolute atomic E-state index is 13.6. The summed E-state index contributed by atoms with van der Waals surface area (Å²) < 4.78 is 13.6. The standard InChI is InChI=1S/C14H19FN2O2/c1-17(9-10-4-3-7-16-8-10)14(19)13-11(15)5-2-6-12(13)18/h2,5-6,10,16,18H,3-4,7-9H2,1H3. The lowest BCUT2D eigenvalue weighted by Crippen LogP contribution is -2.39. The number of hydrogen-bond acceptors (Lipinski definition) is 3. The fourth-order valence-electron chi connectivity index (χ4n) is 2.47. The van der Waals surface area contributed by atoms with Crippen molar-refractivity contribution in [2.45, 2.75) is 12.8 Å². The van der Waals surface area contributed by atoms with Gasteiger partial charge in [0.05, 0.1) is 0 Å². The van der Waals surface area contributed by atoms with Gasteiger partial charge < -0.3 is 15.3 Å². The van der Waals surface area contributed by atoms with Crippen LogP contribution in [-0.2, 0) is 0 Å². The molecule has 0 aromatic heterocycles. The monoisotopic (exact) mass is 266 g/mol. The van der Waals surface area contributed by atoms with E-state index in [0.29, 0.717) is 12.5 Å². The van der Waals surface area contributed by atoms with E-state index in [-0.39, 0.29) is 11.3 Å². The number of piperidine rings is 1. The minimum absolute atomic E-state index is 0.242. The Morgan fingerprint density at radius 1 is 1.58 bits per heavy atom. The summed E-state index contributed by atoms with van der Waals surface area (Å²) in [5, 5.41) is 12.9. The van der Waals surface area contributed by atoms with Crippen molar-refractivity contribution in [1.29, 1.82) is 0 Å². The van der Waals surface area contributed by atoms with Crippen LogP contribution in [0.2, 0.25) is 0 Å². The molecule has 1 aliphatic heterocycles. The number of carbonyl (C=O) groups is 1. The summed E-state index contributed by atoms with van der Waals surface area (Å²) >= 11 is 0. The molecule has 1 unspecified atom stereocenters. The van der Waals surface area contributed by atoms with Crippen molar-refractivity contribution in [2.75, 3.05) is 26.7 Å². The van der Waals surface area contributed by atoms with E-state index >= 15 is 0 Å². The van der Waals surface area contributed by atoms with E-state index in [1.807, 2.05) is 0 Å². The van der Waals surface area contributed by atoms with Crippen molar-refractivity contribution in [3.63, 3.8) is 0 Å². The number of hydrogen-bond donors (Lipinski definition) is 2. The van der Waals surface area contributed by atoms with Gasteiger partial charge >= 0.3 is 0 Å². The molecule has 2 N–H and O–H groups in total. The van der Waals surface area contributed by atoms with Crippen LogP contribution in [0.5, 0.6) is 5.75 Å². The predicted molar refractivity (Wildman–Crippen MR) is 70.6 cm³/mol. The summed E-state index contributed by atoms with van der Waals surface area (Å²) in [7, 11) is 1.64. The van der Waals surface area contributed by atoms with Crippen LogP contribution in [0.25, 0.3) is 0 Å². The largest absolute Gasteiger partial charge is 0.507 e. The van der Waals surface area contributed by atoms with Crippen molar-refractivity contribution in [3.05, 3.63) is 29.6 Å². The zero-order valence-electron chi connectivity index (χ0n) is 11.0.